The second-order valence-electron chi connectivity index (χ2n) is 6.87. The summed E-state index contributed by atoms with van der Waals surface area (Å²) in [5.74, 6) is 2.01. The van der Waals surface area contributed by atoms with Crippen molar-refractivity contribution in [2.45, 2.75) is 39.3 Å². The maximum atomic E-state index is 12.9. The lowest BCUT2D eigenvalue weighted by Crippen LogP contribution is -2.31. The summed E-state index contributed by atoms with van der Waals surface area (Å²) in [7, 11) is 0. The van der Waals surface area contributed by atoms with E-state index in [0.29, 0.717) is 11.6 Å². The van der Waals surface area contributed by atoms with Gasteiger partial charge < -0.3 is 9.88 Å². The number of carbonyl (C=O) groups is 1. The number of aromatic nitrogens is 6. The zero-order valence-corrected chi connectivity index (χ0v) is 16.5. The average molecular weight is 389 g/mol. The fourth-order valence-corrected chi connectivity index (χ4v) is 3.37. The molecule has 1 amide bonds. The van der Waals surface area contributed by atoms with Gasteiger partial charge in [-0.3, -0.25) is 14.9 Å². The van der Waals surface area contributed by atoms with Gasteiger partial charge in [-0.2, -0.15) is 5.10 Å². The summed E-state index contributed by atoms with van der Waals surface area (Å²) in [4.78, 5) is 26.0. The van der Waals surface area contributed by atoms with Crippen LogP contribution in [0.2, 0.25) is 0 Å². The number of nitrogens with zero attached hydrogens (tertiary/aromatic N) is 5. The van der Waals surface area contributed by atoms with E-state index in [1.165, 1.54) is 0 Å². The largest absolute Gasteiger partial charge is 0.347 e. The number of amides is 1. The summed E-state index contributed by atoms with van der Waals surface area (Å²) in [5, 5.41) is 10.0. The minimum atomic E-state index is -0.383. The molecule has 8 nitrogen and oxygen atoms in total. The molecular weight excluding hydrogens is 366 g/mol. The van der Waals surface area contributed by atoms with Crippen LogP contribution in [0.5, 0.6) is 0 Å². The van der Waals surface area contributed by atoms with Gasteiger partial charge in [-0.15, -0.1) is 0 Å². The first-order valence-corrected chi connectivity index (χ1v) is 9.72. The van der Waals surface area contributed by atoms with Crippen molar-refractivity contribution in [3.8, 4) is 11.4 Å². The number of aryl methyl sites for hydroxylation is 1. The van der Waals surface area contributed by atoms with Crippen LogP contribution in [0.3, 0.4) is 0 Å². The van der Waals surface area contributed by atoms with Crippen LogP contribution in [0.1, 0.15) is 38.0 Å². The number of nitrogens with one attached hydrogen (secondary N) is 2. The van der Waals surface area contributed by atoms with Gasteiger partial charge in [-0.25, -0.2) is 9.97 Å². The molecule has 8 heteroatoms. The van der Waals surface area contributed by atoms with Crippen LogP contribution >= 0.6 is 0 Å². The molecule has 0 fully saturated rings. The van der Waals surface area contributed by atoms with Crippen molar-refractivity contribution in [2.24, 2.45) is 0 Å². The van der Waals surface area contributed by atoms with E-state index < -0.39 is 0 Å². The van der Waals surface area contributed by atoms with Crippen LogP contribution in [0, 0.1) is 0 Å². The third-order valence-corrected chi connectivity index (χ3v) is 4.81. The van der Waals surface area contributed by atoms with Crippen LogP contribution < -0.4 is 5.32 Å². The van der Waals surface area contributed by atoms with Gasteiger partial charge in [0.15, 0.2) is 5.82 Å². The van der Waals surface area contributed by atoms with Crippen molar-refractivity contribution in [1.29, 1.82) is 0 Å². The normalized spacial score (nSPS) is 12.2. The van der Waals surface area contributed by atoms with Gasteiger partial charge in [-0.05, 0) is 37.6 Å². The monoisotopic (exact) mass is 389 g/mol. The molecule has 148 valence electrons. The van der Waals surface area contributed by atoms with Crippen molar-refractivity contribution in [1.82, 2.24) is 35.0 Å². The number of imidazole rings is 1. The highest BCUT2D eigenvalue weighted by molar-refractivity contribution is 5.84. The molecule has 0 radical (unpaired) electrons. The molecule has 0 aliphatic carbocycles. The molecule has 4 rings (SSSR count). The SMILES string of the molecule is CCCc1nc2ccccc2n1[C@@H](C)C(=O)NCc1nc(-c2ccncc2)n[nH]1. The molecule has 3 aromatic heterocycles. The topological polar surface area (TPSA) is 101 Å². The van der Waals surface area contributed by atoms with Gasteiger partial charge in [0, 0.05) is 24.4 Å². The second kappa shape index (κ2) is 8.22. The number of hydrogen-bond acceptors (Lipinski definition) is 5. The summed E-state index contributed by atoms with van der Waals surface area (Å²) < 4.78 is 2.02. The van der Waals surface area contributed by atoms with Crippen LogP contribution in [0.4, 0.5) is 0 Å². The van der Waals surface area contributed by atoms with Gasteiger partial charge in [0.2, 0.25) is 5.91 Å². The number of H-pyrrole nitrogens is 1. The first kappa shape index (κ1) is 18.8. The molecule has 4 aromatic rings. The molecule has 0 unspecified atom stereocenters. The fourth-order valence-electron chi connectivity index (χ4n) is 3.37. The molecule has 2 N–H and O–H groups in total. The Bertz CT molecular complexity index is 1120. The minimum absolute atomic E-state index is 0.0904. The number of benzene rings is 1. The molecule has 29 heavy (non-hydrogen) atoms. The molecule has 1 aromatic carbocycles. The van der Waals surface area contributed by atoms with E-state index >= 15 is 0 Å². The second-order valence-corrected chi connectivity index (χ2v) is 6.87. The summed E-state index contributed by atoms with van der Waals surface area (Å²) in [6, 6.07) is 11.2. The van der Waals surface area contributed by atoms with E-state index in [1.807, 2.05) is 47.9 Å². The Morgan fingerprint density at radius 2 is 1.97 bits per heavy atom. The number of rotatable bonds is 7. The van der Waals surface area contributed by atoms with E-state index in [0.717, 1.165) is 35.3 Å². The predicted molar refractivity (Wildman–Crippen MR) is 110 cm³/mol. The Balaban J connectivity index is 1.49. The molecule has 0 saturated carbocycles. The lowest BCUT2D eigenvalue weighted by molar-refractivity contribution is -0.124. The zero-order valence-electron chi connectivity index (χ0n) is 16.5. The van der Waals surface area contributed by atoms with E-state index in [-0.39, 0.29) is 18.5 Å². The lowest BCUT2D eigenvalue weighted by Gasteiger charge is -2.17. The van der Waals surface area contributed by atoms with Crippen LogP contribution in [-0.2, 0) is 17.8 Å². The number of carbonyl (C=O) groups excluding carboxylic acids is 1. The molecule has 0 aliphatic rings. The Hall–Kier alpha value is -3.55. The highest BCUT2D eigenvalue weighted by Gasteiger charge is 2.21. The smallest absolute Gasteiger partial charge is 0.243 e. The van der Waals surface area contributed by atoms with Gasteiger partial charge in [-0.1, -0.05) is 19.1 Å². The number of hydrogen-bond donors (Lipinski definition) is 2. The van der Waals surface area contributed by atoms with E-state index in [1.54, 1.807) is 12.4 Å². The first-order valence-electron chi connectivity index (χ1n) is 9.72. The predicted octanol–water partition coefficient (Wildman–Crippen LogP) is 3.05. The molecule has 1 atom stereocenters. The van der Waals surface area contributed by atoms with Gasteiger partial charge in [0.25, 0.3) is 0 Å². The summed E-state index contributed by atoms with van der Waals surface area (Å²) in [5.41, 5.74) is 2.75. The third kappa shape index (κ3) is 3.87. The van der Waals surface area contributed by atoms with E-state index in [2.05, 4.69) is 32.4 Å². The van der Waals surface area contributed by atoms with E-state index in [9.17, 15) is 4.79 Å². The fraction of sp³-hybridized carbons (Fsp3) is 0.286. The molecule has 3 heterocycles. The number of pyridine rings is 1. The number of para-hydroxylation sites is 2. The Morgan fingerprint density at radius 3 is 2.76 bits per heavy atom. The van der Waals surface area contributed by atoms with Crippen LogP contribution in [0.15, 0.2) is 48.8 Å². The summed E-state index contributed by atoms with van der Waals surface area (Å²) in [6.45, 7) is 4.28. The van der Waals surface area contributed by atoms with Crippen molar-refractivity contribution in [2.75, 3.05) is 0 Å². The Kier molecular flexibility index (Phi) is 5.33. The maximum Gasteiger partial charge on any atom is 0.243 e. The van der Waals surface area contributed by atoms with Crippen molar-refractivity contribution in [3.05, 3.63) is 60.4 Å². The van der Waals surface area contributed by atoms with Crippen LogP contribution in [-0.4, -0.2) is 35.6 Å². The highest BCUT2D eigenvalue weighted by atomic mass is 16.2. The molecule has 0 spiro atoms. The third-order valence-electron chi connectivity index (χ3n) is 4.81. The minimum Gasteiger partial charge on any atom is -0.347 e. The average Bonchev–Trinajstić information content (AvgIpc) is 3.37. The Labute approximate surface area is 168 Å². The highest BCUT2D eigenvalue weighted by Crippen LogP contribution is 2.22. The maximum absolute atomic E-state index is 12.9. The number of aromatic amines is 1. The lowest BCUT2D eigenvalue weighted by atomic mass is 10.2. The molecule has 0 aliphatic heterocycles. The molecule has 0 bridgehead atoms. The van der Waals surface area contributed by atoms with Crippen LogP contribution in [0.25, 0.3) is 22.4 Å². The molecular formula is C21H23N7O. The van der Waals surface area contributed by atoms with Crippen molar-refractivity contribution >= 4 is 16.9 Å². The van der Waals surface area contributed by atoms with Crippen molar-refractivity contribution in [3.63, 3.8) is 0 Å². The summed E-state index contributed by atoms with van der Waals surface area (Å²) in [6.07, 6.45) is 5.17. The summed E-state index contributed by atoms with van der Waals surface area (Å²) >= 11 is 0. The molecule has 0 saturated heterocycles. The Morgan fingerprint density at radius 1 is 1.17 bits per heavy atom. The zero-order chi connectivity index (χ0) is 20.2. The van der Waals surface area contributed by atoms with Gasteiger partial charge in [0.05, 0.1) is 17.6 Å². The quantitative estimate of drug-likeness (QED) is 0.506. The van der Waals surface area contributed by atoms with E-state index in [4.69, 9.17) is 4.98 Å². The first-order chi connectivity index (χ1) is 14.2. The van der Waals surface area contributed by atoms with Gasteiger partial charge in [0.1, 0.15) is 17.7 Å². The number of fused-ring (bicyclic) bond motifs is 1. The van der Waals surface area contributed by atoms with Crippen molar-refractivity contribution < 1.29 is 4.79 Å². The van der Waals surface area contributed by atoms with Gasteiger partial charge >= 0.3 is 0 Å². The standard InChI is InChI=1S/C21H23N7O/c1-3-6-19-24-16-7-4-5-8-17(16)28(19)14(2)21(29)23-13-18-25-20(27-26-18)15-9-11-22-12-10-15/h4-5,7-12,14H,3,6,13H2,1-2H3,(H,23,29)(H,25,26,27)/t14-/m0/s1.